The first kappa shape index (κ1) is 16.0. The fourth-order valence-corrected chi connectivity index (χ4v) is 2.58. The molecule has 0 aromatic heterocycles. The molecule has 1 N–H and O–H groups in total. The molecule has 3 nitrogen and oxygen atoms in total. The van der Waals surface area contributed by atoms with Crippen LogP contribution in [0.1, 0.15) is 11.1 Å². The molecule has 0 aliphatic carbocycles. The van der Waals surface area contributed by atoms with Gasteiger partial charge in [-0.3, -0.25) is 4.79 Å². The number of allylic oxidation sites excluding steroid dienone is 1. The van der Waals surface area contributed by atoms with Gasteiger partial charge in [0.1, 0.15) is 5.75 Å². The minimum absolute atomic E-state index is 0.0409. The number of carboxylic acids is 1. The van der Waals surface area contributed by atoms with Crippen molar-refractivity contribution in [1.82, 2.24) is 0 Å². The van der Waals surface area contributed by atoms with E-state index in [4.69, 9.17) is 9.84 Å². The molecule has 2 aromatic carbocycles. The van der Waals surface area contributed by atoms with E-state index < -0.39 is 41.2 Å². The maximum Gasteiger partial charge on any atom is 0.307 e. The van der Waals surface area contributed by atoms with Gasteiger partial charge in [-0.25, -0.2) is 17.6 Å². The first-order chi connectivity index (χ1) is 11.4. The third-order valence-corrected chi connectivity index (χ3v) is 3.62. The van der Waals surface area contributed by atoms with Crippen LogP contribution in [0.5, 0.6) is 5.75 Å². The second-order valence-electron chi connectivity index (χ2n) is 5.24. The van der Waals surface area contributed by atoms with Crippen molar-refractivity contribution in [2.24, 2.45) is 0 Å². The Morgan fingerprint density at radius 1 is 1.08 bits per heavy atom. The summed E-state index contributed by atoms with van der Waals surface area (Å²) < 4.78 is 59.3. The van der Waals surface area contributed by atoms with Gasteiger partial charge in [0.15, 0.2) is 23.3 Å². The second-order valence-corrected chi connectivity index (χ2v) is 5.24. The van der Waals surface area contributed by atoms with E-state index in [9.17, 15) is 22.4 Å². The number of benzene rings is 2. The largest absolute Gasteiger partial charge is 0.481 e. The fraction of sp³-hybridized carbons (Fsp3) is 0.118. The van der Waals surface area contributed by atoms with Crippen LogP contribution in [-0.2, 0) is 17.6 Å². The summed E-state index contributed by atoms with van der Waals surface area (Å²) in [6, 6.07) is 3.24. The van der Waals surface area contributed by atoms with Crippen molar-refractivity contribution in [3.8, 4) is 16.9 Å². The van der Waals surface area contributed by atoms with Gasteiger partial charge < -0.3 is 9.84 Å². The highest BCUT2D eigenvalue weighted by molar-refractivity contribution is 5.75. The van der Waals surface area contributed by atoms with Gasteiger partial charge in [-0.05, 0) is 41.8 Å². The summed E-state index contributed by atoms with van der Waals surface area (Å²) >= 11 is 0. The highest BCUT2D eigenvalue weighted by Gasteiger charge is 2.23. The lowest BCUT2D eigenvalue weighted by Crippen LogP contribution is -2.07. The minimum atomic E-state index is -1.92. The lowest BCUT2D eigenvalue weighted by Gasteiger charge is -2.18. The molecule has 2 aromatic rings. The molecule has 0 atom stereocenters. The van der Waals surface area contributed by atoms with Crippen LogP contribution in [0.3, 0.4) is 0 Å². The fourth-order valence-electron chi connectivity index (χ4n) is 2.58. The molecule has 1 aliphatic rings. The Bertz CT molecular complexity index is 875. The Labute approximate surface area is 133 Å². The Morgan fingerprint density at radius 3 is 2.54 bits per heavy atom. The van der Waals surface area contributed by atoms with E-state index in [0.29, 0.717) is 23.8 Å². The average molecular weight is 338 g/mol. The number of hydrogen-bond acceptors (Lipinski definition) is 2. The Hall–Kier alpha value is -2.83. The Balaban J connectivity index is 2.21. The topological polar surface area (TPSA) is 46.5 Å². The third-order valence-electron chi connectivity index (χ3n) is 3.62. The first-order valence-electron chi connectivity index (χ1n) is 6.91. The molecule has 0 fully saturated rings. The molecule has 0 bridgehead atoms. The molecule has 124 valence electrons. The predicted octanol–water partition coefficient (Wildman–Crippen LogP) is 3.99. The zero-order chi connectivity index (χ0) is 17.4. The van der Waals surface area contributed by atoms with Gasteiger partial charge in [-0.15, -0.1) is 0 Å². The molecule has 0 unspecified atom stereocenters. The summed E-state index contributed by atoms with van der Waals surface area (Å²) in [4.78, 5) is 11.0. The molecule has 1 heterocycles. The van der Waals surface area contributed by atoms with E-state index >= 15 is 0 Å². The maximum atomic E-state index is 14.0. The third kappa shape index (κ3) is 2.73. The van der Waals surface area contributed by atoms with Crippen LogP contribution in [0.4, 0.5) is 17.6 Å². The van der Waals surface area contributed by atoms with Crippen molar-refractivity contribution >= 4 is 5.97 Å². The lowest BCUT2D eigenvalue weighted by atomic mass is 9.94. The highest BCUT2D eigenvalue weighted by Crippen LogP contribution is 2.36. The van der Waals surface area contributed by atoms with Crippen LogP contribution < -0.4 is 4.74 Å². The molecular formula is C17H10F4O3. The lowest BCUT2D eigenvalue weighted by molar-refractivity contribution is -0.136. The molecule has 0 spiro atoms. The summed E-state index contributed by atoms with van der Waals surface area (Å²) in [5.74, 6) is -7.72. The molecule has 24 heavy (non-hydrogen) atoms. The van der Waals surface area contributed by atoms with Gasteiger partial charge in [0, 0.05) is 11.1 Å². The van der Waals surface area contributed by atoms with Crippen LogP contribution in [0.25, 0.3) is 11.1 Å². The molecule has 0 amide bonds. The molecular weight excluding hydrogens is 328 g/mol. The quantitative estimate of drug-likeness (QED) is 0.523. The zero-order valence-electron chi connectivity index (χ0n) is 12.1. The second kappa shape index (κ2) is 5.99. The van der Waals surface area contributed by atoms with Crippen LogP contribution in [0, 0.1) is 23.3 Å². The normalized spacial score (nSPS) is 12.7. The number of fused-ring (bicyclic) bond motifs is 1. The van der Waals surface area contributed by atoms with Gasteiger partial charge in [0.05, 0.1) is 12.7 Å². The van der Waals surface area contributed by atoms with E-state index in [0.717, 1.165) is 0 Å². The summed E-state index contributed by atoms with van der Waals surface area (Å²) in [6.45, 7) is 0. The van der Waals surface area contributed by atoms with Gasteiger partial charge >= 0.3 is 5.97 Å². The summed E-state index contributed by atoms with van der Waals surface area (Å²) in [5.41, 5.74) is 0.314. The van der Waals surface area contributed by atoms with E-state index in [-0.39, 0.29) is 11.1 Å². The van der Waals surface area contributed by atoms with Gasteiger partial charge in [0.25, 0.3) is 0 Å². The van der Waals surface area contributed by atoms with Crippen LogP contribution in [0.15, 0.2) is 30.5 Å². The number of carboxylic acid groups (broad SMARTS) is 1. The van der Waals surface area contributed by atoms with E-state index in [1.165, 1.54) is 18.4 Å². The monoisotopic (exact) mass is 338 g/mol. The number of hydrogen-bond donors (Lipinski definition) is 1. The van der Waals surface area contributed by atoms with Crippen LogP contribution in [-0.4, -0.2) is 11.1 Å². The van der Waals surface area contributed by atoms with Crippen molar-refractivity contribution in [3.05, 3.63) is 64.9 Å². The molecule has 1 aliphatic heterocycles. The zero-order valence-corrected chi connectivity index (χ0v) is 12.1. The number of carbonyl (C=O) groups is 1. The van der Waals surface area contributed by atoms with E-state index in [2.05, 4.69) is 0 Å². The highest BCUT2D eigenvalue weighted by atomic mass is 19.2. The molecule has 7 heteroatoms. The molecule has 0 saturated heterocycles. The van der Waals surface area contributed by atoms with E-state index in [1.54, 1.807) is 6.08 Å². The number of rotatable bonds is 3. The summed E-state index contributed by atoms with van der Waals surface area (Å²) in [6.07, 6.45) is 3.01. The predicted molar refractivity (Wildman–Crippen MR) is 76.5 cm³/mol. The Morgan fingerprint density at radius 2 is 1.83 bits per heavy atom. The molecule has 3 rings (SSSR count). The van der Waals surface area contributed by atoms with Crippen molar-refractivity contribution in [2.75, 3.05) is 0 Å². The van der Waals surface area contributed by atoms with Gasteiger partial charge in [0.2, 0.25) is 0 Å². The standard InChI is InChI=1S/C17H10F4O3/c18-12-7-11(14(19)16(21)15(12)20)9-4-8-2-1-3-24-17(8)10(5-9)6-13(22)23/h1,3-5,7H,2,6H2,(H,22,23). The van der Waals surface area contributed by atoms with Gasteiger partial charge in [-0.1, -0.05) is 0 Å². The maximum absolute atomic E-state index is 14.0. The van der Waals surface area contributed by atoms with Crippen molar-refractivity contribution in [2.45, 2.75) is 12.8 Å². The SMILES string of the molecule is O=C(O)Cc1cc(-c2cc(F)c(F)c(F)c2F)cc2c1OC=CC2. The molecule has 0 radical (unpaired) electrons. The number of ether oxygens (including phenoxy) is 1. The van der Waals surface area contributed by atoms with E-state index in [1.807, 2.05) is 0 Å². The van der Waals surface area contributed by atoms with Crippen molar-refractivity contribution in [1.29, 1.82) is 0 Å². The smallest absolute Gasteiger partial charge is 0.307 e. The van der Waals surface area contributed by atoms with Crippen molar-refractivity contribution in [3.63, 3.8) is 0 Å². The average Bonchev–Trinajstić information content (AvgIpc) is 2.55. The first-order valence-corrected chi connectivity index (χ1v) is 6.91. The number of halogens is 4. The van der Waals surface area contributed by atoms with Crippen LogP contribution in [0.2, 0.25) is 0 Å². The van der Waals surface area contributed by atoms with Gasteiger partial charge in [-0.2, -0.15) is 0 Å². The minimum Gasteiger partial charge on any atom is -0.481 e. The molecule has 0 saturated carbocycles. The van der Waals surface area contributed by atoms with Crippen LogP contribution >= 0.6 is 0 Å². The summed E-state index contributed by atoms with van der Waals surface area (Å²) in [5, 5.41) is 8.99. The number of aliphatic carboxylic acids is 1. The van der Waals surface area contributed by atoms with Crippen molar-refractivity contribution < 1.29 is 32.2 Å². The summed E-state index contributed by atoms with van der Waals surface area (Å²) in [7, 11) is 0. The Kier molecular flexibility index (Phi) is 4.01.